The molecule has 0 aliphatic carbocycles. The number of nitrogens with zero attached hydrogens (tertiary/aromatic N) is 2. The number of halogens is 1. The first kappa shape index (κ1) is 21.3. The number of thioether (sulfide) groups is 1. The van der Waals surface area contributed by atoms with E-state index in [2.05, 4.69) is 5.32 Å². The van der Waals surface area contributed by atoms with Crippen molar-refractivity contribution in [3.05, 3.63) is 53.8 Å². The fourth-order valence-corrected chi connectivity index (χ4v) is 6.29. The fourth-order valence-electron chi connectivity index (χ4n) is 3.75. The molecular formula is C21H24FN3O3S2. The maximum Gasteiger partial charge on any atom is 0.244 e. The largest absolute Gasteiger partial charge is 0.325 e. The molecular weight excluding hydrogens is 425 g/mol. The summed E-state index contributed by atoms with van der Waals surface area (Å²) in [5.41, 5.74) is 1.49. The maximum atomic E-state index is 13.3. The van der Waals surface area contributed by atoms with Gasteiger partial charge < -0.3 is 5.32 Å². The fraction of sp³-hybridized carbons (Fsp3) is 0.381. The Balaban J connectivity index is 1.53. The van der Waals surface area contributed by atoms with Crippen molar-refractivity contribution in [2.24, 2.45) is 0 Å². The van der Waals surface area contributed by atoms with E-state index in [4.69, 9.17) is 0 Å². The van der Waals surface area contributed by atoms with Crippen molar-refractivity contribution in [2.75, 3.05) is 25.1 Å². The molecule has 160 valence electrons. The molecule has 0 bridgehead atoms. The quantitative estimate of drug-likeness (QED) is 0.774. The molecule has 2 heterocycles. The van der Waals surface area contributed by atoms with Gasteiger partial charge in [-0.3, -0.25) is 9.69 Å². The molecule has 1 N–H and O–H groups in total. The Hall–Kier alpha value is -1.94. The number of nitrogens with one attached hydrogen (secondary N) is 1. The van der Waals surface area contributed by atoms with E-state index in [0.717, 1.165) is 23.4 Å². The molecule has 0 unspecified atom stereocenters. The predicted molar refractivity (Wildman–Crippen MR) is 115 cm³/mol. The molecule has 1 fully saturated rings. The van der Waals surface area contributed by atoms with Gasteiger partial charge in [-0.15, -0.1) is 11.8 Å². The van der Waals surface area contributed by atoms with Crippen molar-refractivity contribution >= 4 is 33.4 Å². The lowest BCUT2D eigenvalue weighted by Gasteiger charge is -2.35. The second-order valence-electron chi connectivity index (χ2n) is 7.69. The minimum atomic E-state index is -3.70. The van der Waals surface area contributed by atoms with E-state index >= 15 is 0 Å². The van der Waals surface area contributed by atoms with E-state index < -0.39 is 10.0 Å². The Morgan fingerprint density at radius 2 is 1.93 bits per heavy atom. The summed E-state index contributed by atoms with van der Waals surface area (Å²) in [7, 11) is -3.70. The summed E-state index contributed by atoms with van der Waals surface area (Å²) in [6, 6.07) is 11.2. The second-order valence-corrected chi connectivity index (χ2v) is 11.1. The Kier molecular flexibility index (Phi) is 6.15. The monoisotopic (exact) mass is 449 g/mol. The number of amides is 1. The molecule has 6 nitrogen and oxygen atoms in total. The number of carbonyl (C=O) groups excluding carboxylic acids is 1. The van der Waals surface area contributed by atoms with Crippen LogP contribution in [-0.4, -0.2) is 48.5 Å². The van der Waals surface area contributed by atoms with Gasteiger partial charge >= 0.3 is 0 Å². The lowest BCUT2D eigenvalue weighted by atomic mass is 10.2. The van der Waals surface area contributed by atoms with Gasteiger partial charge in [0.1, 0.15) is 5.82 Å². The number of hydrogen-bond acceptors (Lipinski definition) is 5. The van der Waals surface area contributed by atoms with Gasteiger partial charge in [0.2, 0.25) is 15.9 Å². The number of carbonyl (C=O) groups is 1. The zero-order valence-corrected chi connectivity index (χ0v) is 18.3. The summed E-state index contributed by atoms with van der Waals surface area (Å²) in [5, 5.41) is 2.97. The van der Waals surface area contributed by atoms with Gasteiger partial charge in [-0.25, -0.2) is 12.8 Å². The topological polar surface area (TPSA) is 69.7 Å². The zero-order valence-electron chi connectivity index (χ0n) is 16.7. The third kappa shape index (κ3) is 4.69. The molecule has 0 spiro atoms. The standard InChI is InChI=1S/C21H24FN3O3S2/c1-15-11-21(26)23-19-12-18(7-8-20(19)29-15)30(27,28)25-10-2-9-24(14-25)13-16-3-5-17(22)6-4-16/h3-8,12,15H,2,9-11,13-14H2,1H3,(H,23,26)/t15-/m0/s1. The number of fused-ring (bicyclic) bond motifs is 1. The van der Waals surface area contributed by atoms with Crippen molar-refractivity contribution in [1.29, 1.82) is 0 Å². The first-order valence-corrected chi connectivity index (χ1v) is 12.2. The van der Waals surface area contributed by atoms with Gasteiger partial charge in [-0.1, -0.05) is 19.1 Å². The van der Waals surface area contributed by atoms with Crippen LogP contribution in [0.4, 0.5) is 10.1 Å². The molecule has 30 heavy (non-hydrogen) atoms. The average molecular weight is 450 g/mol. The van der Waals surface area contributed by atoms with Crippen LogP contribution in [0.15, 0.2) is 52.3 Å². The molecule has 9 heteroatoms. The molecule has 2 aliphatic rings. The molecule has 0 radical (unpaired) electrons. The molecule has 0 saturated carbocycles. The molecule has 4 rings (SSSR count). The van der Waals surface area contributed by atoms with Crippen LogP contribution in [0, 0.1) is 5.82 Å². The lowest BCUT2D eigenvalue weighted by molar-refractivity contribution is -0.116. The van der Waals surface area contributed by atoms with Crippen molar-refractivity contribution in [3.63, 3.8) is 0 Å². The van der Waals surface area contributed by atoms with Gasteiger partial charge in [-0.05, 0) is 42.3 Å². The molecule has 0 aromatic heterocycles. The van der Waals surface area contributed by atoms with E-state index in [0.29, 0.717) is 25.2 Å². The van der Waals surface area contributed by atoms with E-state index in [1.165, 1.54) is 16.4 Å². The van der Waals surface area contributed by atoms with E-state index in [1.807, 2.05) is 11.8 Å². The summed E-state index contributed by atoms with van der Waals surface area (Å²) in [6.07, 6.45) is 1.11. The van der Waals surface area contributed by atoms with E-state index in [-0.39, 0.29) is 28.5 Å². The maximum absolute atomic E-state index is 13.3. The number of rotatable bonds is 4. The van der Waals surface area contributed by atoms with Crippen LogP contribution in [0.5, 0.6) is 0 Å². The summed E-state index contributed by atoms with van der Waals surface area (Å²) in [4.78, 5) is 15.1. The van der Waals surface area contributed by atoms with Gasteiger partial charge in [0.15, 0.2) is 0 Å². The Morgan fingerprint density at radius 3 is 2.70 bits per heavy atom. The number of hydrogen-bond donors (Lipinski definition) is 1. The van der Waals surface area contributed by atoms with Crippen LogP contribution in [0.2, 0.25) is 0 Å². The first-order valence-electron chi connectivity index (χ1n) is 9.89. The third-order valence-electron chi connectivity index (χ3n) is 5.22. The molecule has 1 atom stereocenters. The Bertz CT molecular complexity index is 1040. The van der Waals surface area contributed by atoms with E-state index in [1.54, 1.807) is 42.1 Å². The van der Waals surface area contributed by atoms with Crippen molar-refractivity contribution in [1.82, 2.24) is 9.21 Å². The van der Waals surface area contributed by atoms with Crippen molar-refractivity contribution < 1.29 is 17.6 Å². The average Bonchev–Trinajstić information content (AvgIpc) is 2.85. The van der Waals surface area contributed by atoms with Crippen LogP contribution < -0.4 is 5.32 Å². The van der Waals surface area contributed by atoms with Crippen LogP contribution >= 0.6 is 11.8 Å². The summed E-state index contributed by atoms with van der Waals surface area (Å²) >= 11 is 1.57. The van der Waals surface area contributed by atoms with Crippen molar-refractivity contribution in [2.45, 2.75) is 41.4 Å². The molecule has 2 aromatic carbocycles. The van der Waals surface area contributed by atoms with Crippen LogP contribution in [0.1, 0.15) is 25.3 Å². The Morgan fingerprint density at radius 1 is 1.17 bits per heavy atom. The highest BCUT2D eigenvalue weighted by molar-refractivity contribution is 8.00. The number of sulfonamides is 1. The SMILES string of the molecule is C[C@H]1CC(=O)Nc2cc(S(=O)(=O)N3CCCN(Cc4ccc(F)cc4)C3)ccc2S1. The van der Waals surface area contributed by atoms with Crippen LogP contribution in [-0.2, 0) is 21.4 Å². The smallest absolute Gasteiger partial charge is 0.244 e. The molecule has 2 aromatic rings. The molecule has 1 amide bonds. The van der Waals surface area contributed by atoms with Crippen molar-refractivity contribution in [3.8, 4) is 0 Å². The zero-order chi connectivity index (χ0) is 21.3. The van der Waals surface area contributed by atoms with Crippen LogP contribution in [0.3, 0.4) is 0 Å². The summed E-state index contributed by atoms with van der Waals surface area (Å²) in [6.45, 7) is 4.03. The lowest BCUT2D eigenvalue weighted by Crippen LogP contribution is -2.47. The highest BCUT2D eigenvalue weighted by atomic mass is 32.2. The second kappa shape index (κ2) is 8.66. The summed E-state index contributed by atoms with van der Waals surface area (Å²) < 4.78 is 41.2. The summed E-state index contributed by atoms with van der Waals surface area (Å²) in [5.74, 6) is -0.392. The molecule has 2 aliphatic heterocycles. The molecule has 1 saturated heterocycles. The third-order valence-corrected chi connectivity index (χ3v) is 8.23. The first-order chi connectivity index (χ1) is 14.3. The van der Waals surface area contributed by atoms with E-state index in [9.17, 15) is 17.6 Å². The minimum Gasteiger partial charge on any atom is -0.325 e. The highest BCUT2D eigenvalue weighted by Gasteiger charge is 2.30. The van der Waals surface area contributed by atoms with Gasteiger partial charge in [0.25, 0.3) is 0 Å². The predicted octanol–water partition coefficient (Wildman–Crippen LogP) is 3.50. The van der Waals surface area contributed by atoms with Gasteiger partial charge in [0, 0.05) is 36.2 Å². The minimum absolute atomic E-state index is 0.105. The van der Waals surface area contributed by atoms with Gasteiger partial charge in [-0.2, -0.15) is 4.31 Å². The van der Waals surface area contributed by atoms with Gasteiger partial charge in [0.05, 0.1) is 17.3 Å². The number of anilines is 1. The highest BCUT2D eigenvalue weighted by Crippen LogP contribution is 2.36. The Labute approximate surface area is 180 Å². The normalized spacial score (nSPS) is 21.0. The van der Waals surface area contributed by atoms with Crippen LogP contribution in [0.25, 0.3) is 0 Å². The number of benzene rings is 2.